The predicted octanol–water partition coefficient (Wildman–Crippen LogP) is 3.88. The van der Waals surface area contributed by atoms with Crippen molar-refractivity contribution in [3.05, 3.63) is 59.9 Å². The Morgan fingerprint density at radius 3 is 2.24 bits per heavy atom. The van der Waals surface area contributed by atoms with Crippen LogP contribution in [0.2, 0.25) is 0 Å². The number of nitrogens with one attached hydrogen (secondary N) is 1. The van der Waals surface area contributed by atoms with Crippen molar-refractivity contribution in [2.24, 2.45) is 5.92 Å². The number of anilines is 1. The van der Waals surface area contributed by atoms with Crippen LogP contribution in [0.5, 0.6) is 0 Å². The van der Waals surface area contributed by atoms with Crippen LogP contribution in [-0.4, -0.2) is 31.7 Å². The number of carbonyl (C=O) groups excluding carboxylic acids is 1. The van der Waals surface area contributed by atoms with Crippen LogP contribution in [0.1, 0.15) is 18.4 Å². The second-order valence-corrected chi connectivity index (χ2v) is 8.64. The first kappa shape index (κ1) is 21.3. The molecule has 2 aromatic carbocycles. The topological polar surface area (TPSA) is 66.5 Å². The standard InChI is InChI=1S/C19H18F4N2O3S/c20-15-4-6-16(7-5-15)24-18(26)13-8-10-25(11-9-13)29(27,28)17-3-1-2-14(12-17)19(21,22)23/h1-7,12-13H,8-11H2,(H,24,26). The zero-order valence-electron chi connectivity index (χ0n) is 15.1. The number of halogens is 4. The van der Waals surface area contributed by atoms with Gasteiger partial charge in [-0.3, -0.25) is 4.79 Å². The van der Waals surface area contributed by atoms with Crippen LogP contribution >= 0.6 is 0 Å². The molecule has 1 aliphatic rings. The van der Waals surface area contributed by atoms with E-state index in [1.807, 2.05) is 0 Å². The number of alkyl halides is 3. The maximum Gasteiger partial charge on any atom is 0.416 e. The Balaban J connectivity index is 1.65. The quantitative estimate of drug-likeness (QED) is 0.749. The number of amides is 1. The lowest BCUT2D eigenvalue weighted by atomic mass is 9.97. The van der Waals surface area contributed by atoms with Crippen LogP contribution in [-0.2, 0) is 21.0 Å². The summed E-state index contributed by atoms with van der Waals surface area (Å²) in [5.41, 5.74) is -0.609. The highest BCUT2D eigenvalue weighted by atomic mass is 32.2. The normalized spacial score (nSPS) is 16.6. The van der Waals surface area contributed by atoms with Gasteiger partial charge in [0.1, 0.15) is 5.82 Å². The molecular weight excluding hydrogens is 412 g/mol. The molecule has 1 aliphatic heterocycles. The van der Waals surface area contributed by atoms with E-state index in [2.05, 4.69) is 5.32 Å². The number of benzene rings is 2. The molecule has 0 atom stereocenters. The third-order valence-corrected chi connectivity index (χ3v) is 6.63. The van der Waals surface area contributed by atoms with Gasteiger partial charge in [-0.15, -0.1) is 0 Å². The Kier molecular flexibility index (Phi) is 5.95. The molecule has 0 aliphatic carbocycles. The van der Waals surface area contributed by atoms with Gasteiger partial charge in [0.15, 0.2) is 0 Å². The summed E-state index contributed by atoms with van der Waals surface area (Å²) in [5, 5.41) is 2.65. The molecule has 1 fully saturated rings. The van der Waals surface area contributed by atoms with E-state index in [9.17, 15) is 30.8 Å². The summed E-state index contributed by atoms with van der Waals surface area (Å²) in [4.78, 5) is 11.9. The van der Waals surface area contributed by atoms with Crippen molar-refractivity contribution < 1.29 is 30.8 Å². The Hall–Kier alpha value is -2.46. The minimum Gasteiger partial charge on any atom is -0.326 e. The average molecular weight is 430 g/mol. The Bertz CT molecular complexity index is 983. The molecule has 3 rings (SSSR count). The Morgan fingerprint density at radius 2 is 1.66 bits per heavy atom. The maximum atomic E-state index is 12.9. The highest BCUT2D eigenvalue weighted by Crippen LogP contribution is 2.32. The number of piperidine rings is 1. The van der Waals surface area contributed by atoms with Crippen LogP contribution in [0.15, 0.2) is 53.4 Å². The summed E-state index contributed by atoms with van der Waals surface area (Å²) in [7, 11) is -4.10. The van der Waals surface area contributed by atoms with Crippen molar-refractivity contribution in [2.75, 3.05) is 18.4 Å². The van der Waals surface area contributed by atoms with Gasteiger partial charge in [-0.2, -0.15) is 17.5 Å². The lowest BCUT2D eigenvalue weighted by Crippen LogP contribution is -2.41. The van der Waals surface area contributed by atoms with Crippen molar-refractivity contribution >= 4 is 21.6 Å². The number of sulfonamides is 1. The molecule has 156 valence electrons. The van der Waals surface area contributed by atoms with Crippen molar-refractivity contribution in [1.82, 2.24) is 4.31 Å². The van der Waals surface area contributed by atoms with E-state index in [1.165, 1.54) is 24.3 Å². The summed E-state index contributed by atoms with van der Waals surface area (Å²) in [6, 6.07) is 8.85. The first-order valence-electron chi connectivity index (χ1n) is 8.81. The van der Waals surface area contributed by atoms with Gasteiger partial charge in [0.25, 0.3) is 0 Å². The lowest BCUT2D eigenvalue weighted by Gasteiger charge is -2.30. The average Bonchev–Trinajstić information content (AvgIpc) is 2.69. The number of hydrogen-bond acceptors (Lipinski definition) is 3. The van der Waals surface area contributed by atoms with Crippen LogP contribution < -0.4 is 5.32 Å². The van der Waals surface area contributed by atoms with E-state index < -0.39 is 38.4 Å². The number of rotatable bonds is 4. The highest BCUT2D eigenvalue weighted by Gasteiger charge is 2.35. The maximum absolute atomic E-state index is 12.9. The van der Waals surface area contributed by atoms with E-state index in [0.29, 0.717) is 11.8 Å². The third kappa shape index (κ3) is 4.94. The summed E-state index contributed by atoms with van der Waals surface area (Å²) < 4.78 is 78.0. The van der Waals surface area contributed by atoms with Gasteiger partial charge in [-0.25, -0.2) is 12.8 Å². The molecule has 10 heteroatoms. The van der Waals surface area contributed by atoms with Crippen LogP contribution in [0, 0.1) is 11.7 Å². The van der Waals surface area contributed by atoms with Gasteiger partial charge in [-0.05, 0) is 55.3 Å². The van der Waals surface area contributed by atoms with Crippen molar-refractivity contribution in [3.8, 4) is 0 Å². The molecule has 0 unspecified atom stereocenters. The molecule has 0 radical (unpaired) electrons. The number of hydrogen-bond donors (Lipinski definition) is 1. The molecule has 1 heterocycles. The first-order chi connectivity index (χ1) is 13.6. The van der Waals surface area contributed by atoms with Gasteiger partial charge < -0.3 is 5.32 Å². The largest absolute Gasteiger partial charge is 0.416 e. The molecule has 29 heavy (non-hydrogen) atoms. The molecule has 0 aromatic heterocycles. The van der Waals surface area contributed by atoms with Gasteiger partial charge in [-0.1, -0.05) is 6.07 Å². The van der Waals surface area contributed by atoms with Gasteiger partial charge in [0.05, 0.1) is 10.5 Å². The zero-order chi connectivity index (χ0) is 21.2. The fourth-order valence-electron chi connectivity index (χ4n) is 3.12. The highest BCUT2D eigenvalue weighted by molar-refractivity contribution is 7.89. The van der Waals surface area contributed by atoms with Crippen LogP contribution in [0.25, 0.3) is 0 Å². The van der Waals surface area contributed by atoms with Crippen LogP contribution in [0.4, 0.5) is 23.2 Å². The fraction of sp³-hybridized carbons (Fsp3) is 0.316. The molecule has 0 spiro atoms. The van der Waals surface area contributed by atoms with E-state index in [4.69, 9.17) is 0 Å². The van der Waals surface area contributed by atoms with Crippen molar-refractivity contribution in [2.45, 2.75) is 23.9 Å². The first-order valence-corrected chi connectivity index (χ1v) is 10.3. The van der Waals surface area contributed by atoms with Gasteiger partial charge in [0.2, 0.25) is 15.9 Å². The molecule has 2 aromatic rings. The van der Waals surface area contributed by atoms with E-state index in [1.54, 1.807) is 0 Å². The fourth-order valence-corrected chi connectivity index (χ4v) is 4.63. The molecule has 0 saturated carbocycles. The second kappa shape index (κ2) is 8.11. The number of nitrogens with zero attached hydrogens (tertiary/aromatic N) is 1. The van der Waals surface area contributed by atoms with E-state index in [0.717, 1.165) is 22.5 Å². The lowest BCUT2D eigenvalue weighted by molar-refractivity contribution is -0.137. The molecule has 5 nitrogen and oxygen atoms in total. The number of carbonyl (C=O) groups is 1. The zero-order valence-corrected chi connectivity index (χ0v) is 15.9. The van der Waals surface area contributed by atoms with E-state index in [-0.39, 0.29) is 31.8 Å². The van der Waals surface area contributed by atoms with Gasteiger partial charge in [0, 0.05) is 24.7 Å². The minimum absolute atomic E-state index is 0.0140. The summed E-state index contributed by atoms with van der Waals surface area (Å²) >= 11 is 0. The molecule has 1 N–H and O–H groups in total. The Labute approximate surface area is 165 Å². The molecule has 0 bridgehead atoms. The second-order valence-electron chi connectivity index (χ2n) is 6.70. The molecular formula is C19H18F4N2O3S. The summed E-state index contributed by atoms with van der Waals surface area (Å²) in [5.74, 6) is -1.20. The van der Waals surface area contributed by atoms with Crippen molar-refractivity contribution in [3.63, 3.8) is 0 Å². The SMILES string of the molecule is O=C(Nc1ccc(F)cc1)C1CCN(S(=O)(=O)c2cccc(C(F)(F)F)c2)CC1. The van der Waals surface area contributed by atoms with Crippen molar-refractivity contribution in [1.29, 1.82) is 0 Å². The smallest absolute Gasteiger partial charge is 0.326 e. The Morgan fingerprint density at radius 1 is 1.03 bits per heavy atom. The summed E-state index contributed by atoms with van der Waals surface area (Å²) in [6.45, 7) is 0.0279. The minimum atomic E-state index is -4.64. The molecule has 1 amide bonds. The predicted molar refractivity (Wildman–Crippen MR) is 98.0 cm³/mol. The monoisotopic (exact) mass is 430 g/mol. The van der Waals surface area contributed by atoms with Gasteiger partial charge >= 0.3 is 6.18 Å². The van der Waals surface area contributed by atoms with E-state index >= 15 is 0 Å². The summed E-state index contributed by atoms with van der Waals surface area (Å²) in [6.07, 6.45) is -4.19. The molecule has 1 saturated heterocycles. The van der Waals surface area contributed by atoms with Crippen LogP contribution in [0.3, 0.4) is 0 Å². The third-order valence-electron chi connectivity index (χ3n) is 4.74.